The largest absolute Gasteiger partial charge is 0.325 e. The van der Waals surface area contributed by atoms with Crippen LogP contribution < -0.4 is 5.32 Å². The Morgan fingerprint density at radius 1 is 1.21 bits per heavy atom. The van der Waals surface area contributed by atoms with Crippen molar-refractivity contribution in [3.8, 4) is 0 Å². The highest BCUT2D eigenvalue weighted by molar-refractivity contribution is 7.98. The average Bonchev–Trinajstić information content (AvgIpc) is 3.22. The van der Waals surface area contributed by atoms with Gasteiger partial charge in [-0.05, 0) is 24.3 Å². The van der Waals surface area contributed by atoms with Crippen molar-refractivity contribution in [2.75, 3.05) is 5.88 Å². The van der Waals surface area contributed by atoms with Crippen molar-refractivity contribution in [1.82, 2.24) is 10.2 Å². The Morgan fingerprint density at radius 3 is 2.63 bits per heavy atom. The van der Waals surface area contributed by atoms with Crippen LogP contribution in [0.25, 0.3) is 0 Å². The average molecular weight is 276 g/mol. The van der Waals surface area contributed by atoms with Crippen molar-refractivity contribution < 1.29 is 9.59 Å². The number of carbonyl (C=O) groups is 2. The van der Waals surface area contributed by atoms with Gasteiger partial charge in [0.05, 0.1) is 5.88 Å². The second-order valence-corrected chi connectivity index (χ2v) is 5.95. The lowest BCUT2D eigenvalue weighted by atomic mass is 10.2. The lowest BCUT2D eigenvalue weighted by Gasteiger charge is -2.12. The first-order valence-electron chi connectivity index (χ1n) is 6.49. The quantitative estimate of drug-likeness (QED) is 0.839. The second-order valence-electron chi connectivity index (χ2n) is 4.99. The summed E-state index contributed by atoms with van der Waals surface area (Å²) < 4.78 is 0. The van der Waals surface area contributed by atoms with E-state index in [1.54, 1.807) is 11.8 Å². The van der Waals surface area contributed by atoms with Crippen LogP contribution in [0, 0.1) is 5.92 Å². The highest BCUT2D eigenvalue weighted by Gasteiger charge is 2.46. The third kappa shape index (κ3) is 2.76. The van der Waals surface area contributed by atoms with Crippen molar-refractivity contribution >= 4 is 23.7 Å². The molecule has 19 heavy (non-hydrogen) atoms. The number of carbonyl (C=O) groups excluding carboxylic acids is 2. The summed E-state index contributed by atoms with van der Waals surface area (Å²) in [5.74, 6) is 1.57. The lowest BCUT2D eigenvalue weighted by Crippen LogP contribution is -2.32. The molecule has 4 nitrogen and oxygen atoms in total. The first kappa shape index (κ1) is 12.5. The van der Waals surface area contributed by atoms with E-state index in [-0.39, 0.29) is 18.0 Å². The zero-order valence-corrected chi connectivity index (χ0v) is 11.4. The predicted molar refractivity (Wildman–Crippen MR) is 74.5 cm³/mol. The van der Waals surface area contributed by atoms with Gasteiger partial charge in [0.25, 0.3) is 5.91 Å². The molecule has 1 saturated heterocycles. The van der Waals surface area contributed by atoms with Gasteiger partial charge in [-0.25, -0.2) is 4.79 Å². The number of rotatable bonds is 5. The summed E-state index contributed by atoms with van der Waals surface area (Å²) in [6.07, 6.45) is 2.11. The van der Waals surface area contributed by atoms with E-state index >= 15 is 0 Å². The molecule has 1 aliphatic heterocycles. The van der Waals surface area contributed by atoms with Gasteiger partial charge in [0.1, 0.15) is 6.04 Å². The van der Waals surface area contributed by atoms with E-state index in [2.05, 4.69) is 5.32 Å². The number of thioether (sulfide) groups is 1. The van der Waals surface area contributed by atoms with E-state index in [9.17, 15) is 9.59 Å². The molecule has 0 radical (unpaired) electrons. The minimum absolute atomic E-state index is 0.0481. The number of urea groups is 1. The van der Waals surface area contributed by atoms with Gasteiger partial charge in [-0.15, -0.1) is 11.8 Å². The molecule has 3 rings (SSSR count). The molecule has 1 aromatic rings. The minimum atomic E-state index is -0.259. The fourth-order valence-electron chi connectivity index (χ4n) is 2.24. The highest BCUT2D eigenvalue weighted by Crippen LogP contribution is 2.35. The number of nitrogens with one attached hydrogen (secondary N) is 1. The van der Waals surface area contributed by atoms with Gasteiger partial charge >= 0.3 is 6.03 Å². The molecule has 1 aliphatic carbocycles. The SMILES string of the molecule is O=C1NC(C2CC2)C(=O)N1CSCc1ccccc1. The predicted octanol–water partition coefficient (Wildman–Crippen LogP) is 2.21. The number of hydrogen-bond acceptors (Lipinski definition) is 3. The van der Waals surface area contributed by atoms with Gasteiger partial charge in [-0.1, -0.05) is 30.3 Å². The van der Waals surface area contributed by atoms with E-state index in [4.69, 9.17) is 0 Å². The van der Waals surface area contributed by atoms with Crippen LogP contribution in [0.2, 0.25) is 0 Å². The lowest BCUT2D eigenvalue weighted by molar-refractivity contribution is -0.127. The fraction of sp³-hybridized carbons (Fsp3) is 0.429. The van der Waals surface area contributed by atoms with Gasteiger partial charge in [0, 0.05) is 5.75 Å². The number of nitrogens with zero attached hydrogens (tertiary/aromatic N) is 1. The number of imide groups is 1. The maximum Gasteiger partial charge on any atom is 0.325 e. The van der Waals surface area contributed by atoms with Crippen molar-refractivity contribution in [2.45, 2.75) is 24.6 Å². The van der Waals surface area contributed by atoms with E-state index in [0.717, 1.165) is 18.6 Å². The summed E-state index contributed by atoms with van der Waals surface area (Å²) in [7, 11) is 0. The van der Waals surface area contributed by atoms with Gasteiger partial charge in [0.2, 0.25) is 0 Å². The molecule has 1 atom stereocenters. The molecule has 1 unspecified atom stereocenters. The van der Waals surface area contributed by atoms with Gasteiger partial charge in [0.15, 0.2) is 0 Å². The molecule has 1 N–H and O–H groups in total. The van der Waals surface area contributed by atoms with Crippen LogP contribution in [0.15, 0.2) is 30.3 Å². The summed E-state index contributed by atoms with van der Waals surface area (Å²) in [5, 5.41) is 2.79. The van der Waals surface area contributed by atoms with Crippen LogP contribution in [0.1, 0.15) is 18.4 Å². The number of amides is 3. The first-order valence-corrected chi connectivity index (χ1v) is 7.65. The molecule has 0 bridgehead atoms. The Labute approximate surface area is 116 Å². The maximum atomic E-state index is 12.1. The monoisotopic (exact) mass is 276 g/mol. The van der Waals surface area contributed by atoms with Crippen LogP contribution in [0.3, 0.4) is 0 Å². The van der Waals surface area contributed by atoms with Crippen molar-refractivity contribution in [3.05, 3.63) is 35.9 Å². The standard InChI is InChI=1S/C14H16N2O2S/c17-13-12(11-6-7-11)15-14(18)16(13)9-19-8-10-4-2-1-3-5-10/h1-5,11-12H,6-9H2,(H,15,18). The molecule has 1 saturated carbocycles. The molecule has 5 heteroatoms. The summed E-state index contributed by atoms with van der Waals surface area (Å²) in [6.45, 7) is 0. The highest BCUT2D eigenvalue weighted by atomic mass is 32.2. The normalized spacial score (nSPS) is 22.7. The van der Waals surface area contributed by atoms with Gasteiger partial charge in [-0.3, -0.25) is 9.69 Å². The van der Waals surface area contributed by atoms with Gasteiger partial charge < -0.3 is 5.32 Å². The van der Waals surface area contributed by atoms with E-state index in [1.165, 1.54) is 10.5 Å². The Hall–Kier alpha value is -1.49. The Balaban J connectivity index is 1.52. The third-order valence-electron chi connectivity index (χ3n) is 3.48. The van der Waals surface area contributed by atoms with Crippen LogP contribution >= 0.6 is 11.8 Å². The first-order chi connectivity index (χ1) is 9.25. The third-order valence-corrected chi connectivity index (χ3v) is 4.46. The molecule has 100 valence electrons. The molecule has 2 aliphatic rings. The van der Waals surface area contributed by atoms with Crippen molar-refractivity contribution in [2.24, 2.45) is 5.92 Å². The van der Waals surface area contributed by atoms with E-state index in [1.807, 2.05) is 30.3 Å². The molecule has 0 aromatic heterocycles. The summed E-state index contributed by atoms with van der Waals surface area (Å²) >= 11 is 1.59. The van der Waals surface area contributed by atoms with Crippen LogP contribution in [-0.2, 0) is 10.5 Å². The molecular formula is C14H16N2O2S. The number of benzene rings is 1. The topological polar surface area (TPSA) is 49.4 Å². The van der Waals surface area contributed by atoms with Crippen LogP contribution in [0.4, 0.5) is 4.79 Å². The maximum absolute atomic E-state index is 12.1. The fourth-order valence-corrected chi connectivity index (χ4v) is 3.19. The zero-order chi connectivity index (χ0) is 13.2. The minimum Gasteiger partial charge on any atom is -0.325 e. The van der Waals surface area contributed by atoms with E-state index < -0.39 is 0 Å². The van der Waals surface area contributed by atoms with E-state index in [0.29, 0.717) is 11.8 Å². The molecule has 2 fully saturated rings. The summed E-state index contributed by atoms with van der Waals surface area (Å²) in [6, 6.07) is 9.57. The summed E-state index contributed by atoms with van der Waals surface area (Å²) in [4.78, 5) is 25.2. The summed E-state index contributed by atoms with van der Waals surface area (Å²) in [5.41, 5.74) is 1.21. The van der Waals surface area contributed by atoms with Crippen molar-refractivity contribution in [1.29, 1.82) is 0 Å². The Bertz CT molecular complexity index is 487. The second kappa shape index (κ2) is 5.25. The molecule has 1 heterocycles. The molecular weight excluding hydrogens is 260 g/mol. The molecule has 0 spiro atoms. The smallest absolute Gasteiger partial charge is 0.325 e. The van der Waals surface area contributed by atoms with Crippen molar-refractivity contribution in [3.63, 3.8) is 0 Å². The Kier molecular flexibility index (Phi) is 3.46. The van der Waals surface area contributed by atoms with Crippen LogP contribution in [-0.4, -0.2) is 28.8 Å². The Morgan fingerprint density at radius 2 is 1.95 bits per heavy atom. The molecule has 3 amide bonds. The van der Waals surface area contributed by atoms with Gasteiger partial charge in [-0.2, -0.15) is 0 Å². The number of hydrogen-bond donors (Lipinski definition) is 1. The molecule has 1 aromatic carbocycles. The van der Waals surface area contributed by atoms with Crippen LogP contribution in [0.5, 0.6) is 0 Å². The zero-order valence-electron chi connectivity index (χ0n) is 10.5.